The van der Waals surface area contributed by atoms with Crippen molar-refractivity contribution in [2.45, 2.75) is 87.0 Å². The molecule has 16 heteroatoms. The Kier molecular flexibility index (Phi) is 8.84. The highest BCUT2D eigenvalue weighted by Gasteiger charge is 2.49. The van der Waals surface area contributed by atoms with Crippen LogP contribution in [0.1, 0.15) is 13.8 Å². The minimum atomic E-state index is -1.85. The van der Waals surface area contributed by atoms with Crippen molar-refractivity contribution in [3.8, 4) is 0 Å². The number of aliphatic hydroxyl groups excluding tert-OH is 6. The van der Waals surface area contributed by atoms with Crippen molar-refractivity contribution in [1.82, 2.24) is 21.3 Å². The normalized spacial score (nSPS) is 45.3. The van der Waals surface area contributed by atoms with Crippen molar-refractivity contribution < 1.29 is 59.3 Å². The number of fused-ring (bicyclic) bond motifs is 4. The van der Waals surface area contributed by atoms with Crippen molar-refractivity contribution in [3.63, 3.8) is 0 Å². The lowest BCUT2D eigenvalue weighted by Gasteiger charge is -2.41. The number of nitrogens with one attached hydrogen (secondary N) is 4. The predicted octanol–water partition coefficient (Wildman–Crippen LogP) is -7.06. The summed E-state index contributed by atoms with van der Waals surface area (Å²) in [5.74, 6) is -3.51. The smallest absolute Gasteiger partial charge is 0.252 e. The summed E-state index contributed by atoms with van der Waals surface area (Å²) in [5, 5.41) is 70.5. The fourth-order valence-electron chi connectivity index (χ4n) is 4.10. The molecular formula is C20H32N4O12. The molecule has 0 aromatic rings. The van der Waals surface area contributed by atoms with E-state index in [-0.39, 0.29) is 0 Å². The fraction of sp³-hybridized carbons (Fsp3) is 0.800. The molecule has 0 radical (unpaired) electrons. The molecule has 4 amide bonds. The Morgan fingerprint density at radius 1 is 0.556 bits per heavy atom. The summed E-state index contributed by atoms with van der Waals surface area (Å²) < 4.78 is 10.8. The fourth-order valence-corrected chi connectivity index (χ4v) is 4.10. The third-order valence-corrected chi connectivity index (χ3v) is 6.40. The quantitative estimate of drug-likeness (QED) is 0.143. The maximum atomic E-state index is 12.7. The molecule has 3 rings (SSSR count). The second-order valence-electron chi connectivity index (χ2n) is 9.08. The first kappa shape index (κ1) is 28.1. The van der Waals surface area contributed by atoms with E-state index >= 15 is 0 Å². The van der Waals surface area contributed by atoms with Crippen molar-refractivity contribution in [3.05, 3.63) is 0 Å². The van der Waals surface area contributed by atoms with Crippen LogP contribution in [0.5, 0.6) is 0 Å². The lowest BCUT2D eigenvalue weighted by molar-refractivity contribution is -0.220. The number of aliphatic hydroxyl groups is 6. The van der Waals surface area contributed by atoms with Gasteiger partial charge in [0.25, 0.3) is 11.8 Å². The van der Waals surface area contributed by atoms with Crippen molar-refractivity contribution in [1.29, 1.82) is 0 Å². The average molecular weight is 520 g/mol. The van der Waals surface area contributed by atoms with Gasteiger partial charge < -0.3 is 61.4 Å². The van der Waals surface area contributed by atoms with E-state index < -0.39 is 110 Å². The highest BCUT2D eigenvalue weighted by Crippen LogP contribution is 2.23. The first-order chi connectivity index (χ1) is 16.8. The first-order valence-corrected chi connectivity index (χ1v) is 11.4. The Balaban J connectivity index is 1.85. The standard InChI is InChI=1S/C20H32N4O12/c1-5-17(31)21-3-7-9(25)12(28)14(30)16(36-7)20(34)24-6(2)18(32)22-4-8-10(26)11(27)13(29)15(35-8)19(33)23-5/h5-16,25-30H,3-4H2,1-2H3,(H,21,31)(H,22,32)(H,23,33)(H,24,34)/t5-,6-,7+,8+,9+,10+,11-,12-,13+,14+,15+,16+/m1/s1. The molecule has 10 N–H and O–H groups in total. The summed E-state index contributed by atoms with van der Waals surface area (Å²) in [5.41, 5.74) is 0. The highest BCUT2D eigenvalue weighted by atomic mass is 16.5. The Morgan fingerprint density at radius 2 is 0.889 bits per heavy atom. The van der Waals surface area contributed by atoms with Gasteiger partial charge in [0, 0.05) is 13.1 Å². The van der Waals surface area contributed by atoms with Gasteiger partial charge in [-0.15, -0.1) is 0 Å². The number of carbonyl (C=O) groups is 4. The van der Waals surface area contributed by atoms with Gasteiger partial charge in [-0.1, -0.05) is 0 Å². The summed E-state index contributed by atoms with van der Waals surface area (Å²) in [6, 6.07) is -2.43. The molecule has 0 aromatic heterocycles. The van der Waals surface area contributed by atoms with E-state index in [2.05, 4.69) is 21.3 Å². The van der Waals surface area contributed by atoms with Crippen LogP contribution < -0.4 is 21.3 Å². The first-order valence-electron chi connectivity index (χ1n) is 11.4. The van der Waals surface area contributed by atoms with Gasteiger partial charge in [0.15, 0.2) is 12.2 Å². The second kappa shape index (κ2) is 11.3. The molecule has 3 fully saturated rings. The number of ether oxygens (including phenoxy) is 2. The van der Waals surface area contributed by atoms with E-state index in [4.69, 9.17) is 9.47 Å². The van der Waals surface area contributed by atoms with Crippen LogP contribution in [-0.2, 0) is 28.7 Å². The Morgan fingerprint density at radius 3 is 1.22 bits per heavy atom. The molecule has 0 saturated carbocycles. The molecule has 12 atom stereocenters. The summed E-state index contributed by atoms with van der Waals surface area (Å²) in [6.45, 7) is 1.72. The maximum Gasteiger partial charge on any atom is 0.252 e. The number of carbonyl (C=O) groups excluding carboxylic acids is 4. The van der Waals surface area contributed by atoms with Crippen molar-refractivity contribution in [2.24, 2.45) is 0 Å². The van der Waals surface area contributed by atoms with Crippen LogP contribution in [0.3, 0.4) is 0 Å². The van der Waals surface area contributed by atoms with E-state index in [0.29, 0.717) is 0 Å². The lowest BCUT2D eigenvalue weighted by Crippen LogP contribution is -2.66. The monoisotopic (exact) mass is 520 g/mol. The van der Waals surface area contributed by atoms with Crippen LogP contribution in [0.15, 0.2) is 0 Å². The van der Waals surface area contributed by atoms with Gasteiger partial charge in [-0.3, -0.25) is 19.2 Å². The van der Waals surface area contributed by atoms with Gasteiger partial charge in [-0.2, -0.15) is 0 Å². The topological polar surface area (TPSA) is 256 Å². The van der Waals surface area contributed by atoms with E-state index in [1.54, 1.807) is 0 Å². The molecule has 16 nitrogen and oxygen atoms in total. The van der Waals surface area contributed by atoms with Gasteiger partial charge in [-0.05, 0) is 13.8 Å². The van der Waals surface area contributed by atoms with E-state index in [1.165, 1.54) is 13.8 Å². The van der Waals surface area contributed by atoms with E-state index in [9.17, 15) is 49.8 Å². The minimum absolute atomic E-state index is 0.431. The van der Waals surface area contributed by atoms with Gasteiger partial charge in [0.05, 0.1) is 0 Å². The number of rotatable bonds is 0. The number of hydrogen-bond acceptors (Lipinski definition) is 12. The number of hydrogen-bond donors (Lipinski definition) is 10. The molecule has 0 aliphatic carbocycles. The van der Waals surface area contributed by atoms with Gasteiger partial charge >= 0.3 is 0 Å². The lowest BCUT2D eigenvalue weighted by atomic mass is 9.93. The molecule has 3 heterocycles. The van der Waals surface area contributed by atoms with Crippen molar-refractivity contribution >= 4 is 23.6 Å². The van der Waals surface area contributed by atoms with Crippen LogP contribution >= 0.6 is 0 Å². The molecule has 3 aliphatic heterocycles. The molecule has 0 aromatic carbocycles. The molecule has 204 valence electrons. The summed E-state index contributed by atoms with van der Waals surface area (Å²) in [6.07, 6.45) is -16.8. The zero-order valence-corrected chi connectivity index (χ0v) is 19.5. The van der Waals surface area contributed by atoms with Gasteiger partial charge in [0.1, 0.15) is 60.9 Å². The summed E-state index contributed by atoms with van der Waals surface area (Å²) in [4.78, 5) is 50.3. The summed E-state index contributed by atoms with van der Waals surface area (Å²) in [7, 11) is 0. The SMILES string of the molecule is C[C@H]1NC(=O)[C@H]2O[C@@H](CNC(=O)[C@@H](C)NC(=O)[C@H]3O[C@@H](CNC1=O)[C@H](O)[C@@H](O)[C@@H]3O)[C@H](O)[C@@H](O)[C@@H]2O. The molecule has 3 saturated heterocycles. The van der Waals surface area contributed by atoms with Crippen LogP contribution in [0, 0.1) is 0 Å². The van der Waals surface area contributed by atoms with Gasteiger partial charge in [0.2, 0.25) is 11.8 Å². The molecule has 0 spiro atoms. The molecule has 3 aliphatic rings. The summed E-state index contributed by atoms with van der Waals surface area (Å²) >= 11 is 0. The third kappa shape index (κ3) is 5.76. The molecule has 4 bridgehead atoms. The largest absolute Gasteiger partial charge is 0.388 e. The zero-order chi connectivity index (χ0) is 26.9. The molecular weight excluding hydrogens is 488 g/mol. The Bertz CT molecular complexity index is 793. The third-order valence-electron chi connectivity index (χ3n) is 6.40. The van der Waals surface area contributed by atoms with Crippen molar-refractivity contribution in [2.75, 3.05) is 13.1 Å². The maximum absolute atomic E-state index is 12.7. The number of amides is 4. The van der Waals surface area contributed by atoms with Crippen LogP contribution in [0.4, 0.5) is 0 Å². The predicted molar refractivity (Wildman–Crippen MR) is 115 cm³/mol. The van der Waals surface area contributed by atoms with E-state index in [0.717, 1.165) is 0 Å². The second-order valence-corrected chi connectivity index (χ2v) is 9.08. The highest BCUT2D eigenvalue weighted by molar-refractivity contribution is 5.90. The Labute approximate surface area is 204 Å². The zero-order valence-electron chi connectivity index (χ0n) is 19.5. The Hall–Kier alpha value is -2.44. The van der Waals surface area contributed by atoms with Gasteiger partial charge in [-0.25, -0.2) is 0 Å². The average Bonchev–Trinajstić information content (AvgIpc) is 2.83. The van der Waals surface area contributed by atoms with Crippen LogP contribution in [0.25, 0.3) is 0 Å². The molecule has 0 unspecified atom stereocenters. The van der Waals surface area contributed by atoms with E-state index in [1.807, 2.05) is 0 Å². The minimum Gasteiger partial charge on any atom is -0.388 e. The molecule has 36 heavy (non-hydrogen) atoms. The van der Waals surface area contributed by atoms with Crippen LogP contribution in [-0.4, -0.2) is 140 Å². The van der Waals surface area contributed by atoms with Crippen LogP contribution in [0.2, 0.25) is 0 Å².